The topological polar surface area (TPSA) is 30.5 Å². The van der Waals surface area contributed by atoms with Crippen LogP contribution in [0, 0.1) is 0 Å². The maximum absolute atomic E-state index is 2.33. The minimum atomic E-state index is 0. The van der Waals surface area contributed by atoms with Crippen LogP contribution in [0.1, 0.15) is 237 Å². The summed E-state index contributed by atoms with van der Waals surface area (Å²) in [4.78, 5) is 0. The second kappa shape index (κ2) is 43.6. The molecule has 0 amide bonds. The number of unbranched alkanes of at least 4 members (excludes halogenated alkanes) is 12. The highest BCUT2D eigenvalue weighted by atomic mass is 15.4. The van der Waals surface area contributed by atoms with Gasteiger partial charge in [0.2, 0.25) is 0 Å². The number of rotatable bonds is 36. The molecule has 0 aliphatic heterocycles. The first-order valence-corrected chi connectivity index (χ1v) is 24.3. The average Bonchev–Trinajstić information content (AvgIpc) is 3.16. The molecule has 0 aromatic rings. The standard InChI is InChI=1S/3C16H36N.N/c3*1-5-9-13-17(14-10-6-2,15-11-7-3)16-12-8-4;/h3*5-16H2,1-4H3;/q3*+1;-3. The van der Waals surface area contributed by atoms with Crippen molar-refractivity contribution in [3.05, 3.63) is 6.15 Å². The van der Waals surface area contributed by atoms with Crippen LogP contribution in [0.5, 0.6) is 0 Å². The van der Waals surface area contributed by atoms with Gasteiger partial charge in [0.15, 0.2) is 0 Å². The van der Waals surface area contributed by atoms with E-state index in [1.807, 2.05) is 0 Å². The Morgan fingerprint density at radius 2 is 0.250 bits per heavy atom. The summed E-state index contributed by atoms with van der Waals surface area (Å²) in [5, 5.41) is 0. The number of hydrogen-bond donors (Lipinski definition) is 0. The molecule has 0 spiro atoms. The zero-order chi connectivity index (χ0) is 39.0. The molecule has 0 fully saturated rings. The fourth-order valence-electron chi connectivity index (χ4n) is 7.93. The fourth-order valence-corrected chi connectivity index (χ4v) is 7.93. The van der Waals surface area contributed by atoms with Crippen LogP contribution in [0.25, 0.3) is 6.15 Å². The number of hydrogen-bond acceptors (Lipinski definition) is 0. The number of quaternary nitrogens is 3. The lowest BCUT2D eigenvalue weighted by molar-refractivity contribution is -0.929. The third-order valence-corrected chi connectivity index (χ3v) is 11.8. The summed E-state index contributed by atoms with van der Waals surface area (Å²) in [6.07, 6.45) is 33.2. The molecule has 0 heterocycles. The lowest BCUT2D eigenvalue weighted by Gasteiger charge is -3.00. The van der Waals surface area contributed by atoms with Gasteiger partial charge in [-0.25, -0.2) is 0 Å². The quantitative estimate of drug-likeness (QED) is 0.0573. The Balaban J connectivity index is -0.000000329. The van der Waals surface area contributed by atoms with Gasteiger partial charge in [0, 0.05) is 0 Å². The van der Waals surface area contributed by atoms with Crippen molar-refractivity contribution in [2.45, 2.75) is 237 Å². The summed E-state index contributed by atoms with van der Waals surface area (Å²) in [5.74, 6) is 0. The Morgan fingerprint density at radius 3 is 0.308 bits per heavy atom. The van der Waals surface area contributed by atoms with E-state index in [1.165, 1.54) is 246 Å². The van der Waals surface area contributed by atoms with Crippen LogP contribution < -0.4 is 0 Å². The zero-order valence-corrected chi connectivity index (χ0v) is 39.2. The second-order valence-corrected chi connectivity index (χ2v) is 17.0. The van der Waals surface area contributed by atoms with E-state index in [0.29, 0.717) is 0 Å². The van der Waals surface area contributed by atoms with Gasteiger partial charge in [0.25, 0.3) is 0 Å². The van der Waals surface area contributed by atoms with Gasteiger partial charge in [-0.3, -0.25) is 0 Å². The highest BCUT2D eigenvalue weighted by Crippen LogP contribution is 2.19. The van der Waals surface area contributed by atoms with Crippen LogP contribution in [-0.4, -0.2) is 92.0 Å². The van der Waals surface area contributed by atoms with Gasteiger partial charge in [-0.1, -0.05) is 160 Å². The molecule has 0 saturated carbocycles. The van der Waals surface area contributed by atoms with E-state index in [1.54, 1.807) is 0 Å². The van der Waals surface area contributed by atoms with Crippen LogP contribution in [0.4, 0.5) is 0 Å². The summed E-state index contributed by atoms with van der Waals surface area (Å²) in [5.41, 5.74) is 0. The molecule has 0 atom stereocenters. The van der Waals surface area contributed by atoms with E-state index in [4.69, 9.17) is 0 Å². The minimum Gasteiger partial charge on any atom is -3.00 e. The smallest absolute Gasteiger partial charge is 0.0786 e. The third-order valence-electron chi connectivity index (χ3n) is 11.8. The Kier molecular flexibility index (Phi) is 49.1. The monoisotopic (exact) mass is 741 g/mol. The van der Waals surface area contributed by atoms with Crippen molar-refractivity contribution < 1.29 is 13.4 Å². The molecule has 0 bridgehead atoms. The first kappa shape index (κ1) is 58.5. The molecule has 4 nitrogen and oxygen atoms in total. The zero-order valence-electron chi connectivity index (χ0n) is 39.2. The van der Waals surface area contributed by atoms with Crippen LogP contribution in [0.15, 0.2) is 0 Å². The van der Waals surface area contributed by atoms with Crippen molar-refractivity contribution in [3.63, 3.8) is 0 Å². The molecule has 4 heteroatoms. The van der Waals surface area contributed by atoms with Crippen LogP contribution in [0.2, 0.25) is 0 Å². The Bertz CT molecular complexity index is 438. The highest BCUT2D eigenvalue weighted by Gasteiger charge is 2.26. The molecule has 0 aliphatic rings. The van der Waals surface area contributed by atoms with E-state index in [9.17, 15) is 0 Å². The Hall–Kier alpha value is -0.160. The normalized spacial score (nSPS) is 11.8. The Labute approximate surface area is 334 Å². The summed E-state index contributed by atoms with van der Waals surface area (Å²) in [6, 6.07) is 0. The fraction of sp³-hybridized carbons (Fsp3) is 1.00. The maximum atomic E-state index is 2.33. The molecule has 0 saturated heterocycles. The molecular formula is C48H108N4. The molecule has 0 aromatic carbocycles. The van der Waals surface area contributed by atoms with E-state index >= 15 is 0 Å². The van der Waals surface area contributed by atoms with Crippen molar-refractivity contribution in [2.24, 2.45) is 0 Å². The van der Waals surface area contributed by atoms with Crippen molar-refractivity contribution in [1.82, 2.24) is 0 Å². The lowest BCUT2D eigenvalue weighted by Crippen LogP contribution is -2.50. The van der Waals surface area contributed by atoms with Crippen LogP contribution >= 0.6 is 0 Å². The van der Waals surface area contributed by atoms with Crippen molar-refractivity contribution in [1.29, 1.82) is 0 Å². The molecule has 0 aliphatic carbocycles. The average molecular weight is 741 g/mol. The Morgan fingerprint density at radius 1 is 0.173 bits per heavy atom. The molecule has 0 N–H and O–H groups in total. The third kappa shape index (κ3) is 33.2. The maximum Gasteiger partial charge on any atom is 0.0786 e. The predicted octanol–water partition coefficient (Wildman–Crippen LogP) is 15.3. The lowest BCUT2D eigenvalue weighted by atomic mass is 10.1. The molecule has 0 unspecified atom stereocenters. The van der Waals surface area contributed by atoms with Gasteiger partial charge in [0.1, 0.15) is 0 Å². The summed E-state index contributed by atoms with van der Waals surface area (Å²) in [6.45, 7) is 45.1. The molecule has 0 rings (SSSR count). The van der Waals surface area contributed by atoms with E-state index < -0.39 is 0 Å². The van der Waals surface area contributed by atoms with Crippen molar-refractivity contribution in [3.8, 4) is 0 Å². The van der Waals surface area contributed by atoms with Crippen molar-refractivity contribution >= 4 is 0 Å². The van der Waals surface area contributed by atoms with E-state index in [-0.39, 0.29) is 6.15 Å². The van der Waals surface area contributed by atoms with Crippen molar-refractivity contribution in [2.75, 3.05) is 78.5 Å². The van der Waals surface area contributed by atoms with E-state index in [0.717, 1.165) is 0 Å². The van der Waals surface area contributed by atoms with Gasteiger partial charge in [0.05, 0.1) is 78.5 Å². The molecule has 320 valence electrons. The largest absolute Gasteiger partial charge is 3.00 e. The summed E-state index contributed by atoms with van der Waals surface area (Å²) >= 11 is 0. The van der Waals surface area contributed by atoms with Gasteiger partial charge in [-0.05, 0) is 77.0 Å². The van der Waals surface area contributed by atoms with E-state index in [2.05, 4.69) is 83.1 Å². The molecular weight excluding hydrogens is 633 g/mol. The number of nitrogens with zero attached hydrogens (tertiary/aromatic N) is 4. The highest BCUT2D eigenvalue weighted by molar-refractivity contribution is 4.52. The first-order chi connectivity index (χ1) is 24.7. The predicted molar refractivity (Wildman–Crippen MR) is 241 cm³/mol. The van der Waals surface area contributed by atoms with Crippen LogP contribution in [0.3, 0.4) is 0 Å². The van der Waals surface area contributed by atoms with Gasteiger partial charge >= 0.3 is 0 Å². The second-order valence-electron chi connectivity index (χ2n) is 17.0. The molecule has 0 aromatic heterocycles. The SMILES string of the molecule is CCCC[N+](CCCC)(CCCC)CCCC.CCCC[N+](CCCC)(CCCC)CCCC.CCCC[N+](CCCC)(CCCC)CCCC.[N-3]. The van der Waals surface area contributed by atoms with Gasteiger partial charge in [-0.2, -0.15) is 0 Å². The summed E-state index contributed by atoms with van der Waals surface area (Å²) < 4.78 is 4.26. The molecule has 0 radical (unpaired) electrons. The van der Waals surface area contributed by atoms with Gasteiger partial charge in [-0.15, -0.1) is 0 Å². The van der Waals surface area contributed by atoms with Crippen LogP contribution in [-0.2, 0) is 0 Å². The molecule has 52 heavy (non-hydrogen) atoms. The minimum absolute atomic E-state index is 0. The van der Waals surface area contributed by atoms with Gasteiger partial charge < -0.3 is 19.6 Å². The summed E-state index contributed by atoms with van der Waals surface area (Å²) in [7, 11) is 0. The first-order valence-electron chi connectivity index (χ1n) is 24.3.